The van der Waals surface area contributed by atoms with Gasteiger partial charge in [0.15, 0.2) is 0 Å². The van der Waals surface area contributed by atoms with Crippen molar-refractivity contribution >= 4 is 18.7 Å². The van der Waals surface area contributed by atoms with Crippen molar-refractivity contribution in [2.75, 3.05) is 0 Å². The van der Waals surface area contributed by atoms with E-state index in [1.165, 1.54) is 19.3 Å². The third-order valence-electron chi connectivity index (χ3n) is 3.16. The molecule has 0 aromatic heterocycles. The molecule has 2 rings (SSSR count). The van der Waals surface area contributed by atoms with Gasteiger partial charge in [-0.2, -0.15) is 0 Å². The van der Waals surface area contributed by atoms with E-state index in [9.17, 15) is 4.89 Å². The van der Waals surface area contributed by atoms with Crippen LogP contribution in [0.25, 0.3) is 0 Å². The standard InChI is InChI=1S/C7H14NOPS/c8-10(9,11)7-4-5-1-2-6(7)3-5/h5-7H,1-4H2,(H3,8,9,11). The fourth-order valence-electron chi connectivity index (χ4n) is 2.65. The summed E-state index contributed by atoms with van der Waals surface area (Å²) in [4.78, 5) is 9.48. The first-order valence-corrected chi connectivity index (χ1v) is 7.13. The first kappa shape index (κ1) is 8.15. The van der Waals surface area contributed by atoms with E-state index in [0.29, 0.717) is 5.92 Å². The highest BCUT2D eigenvalue weighted by Crippen LogP contribution is 2.64. The molecule has 2 aliphatic rings. The van der Waals surface area contributed by atoms with E-state index in [0.717, 1.165) is 12.3 Å². The molecule has 2 saturated carbocycles. The van der Waals surface area contributed by atoms with E-state index in [1.54, 1.807) is 0 Å². The van der Waals surface area contributed by atoms with Crippen LogP contribution in [0.1, 0.15) is 25.7 Å². The molecule has 0 aliphatic heterocycles. The molecule has 0 aromatic carbocycles. The van der Waals surface area contributed by atoms with E-state index >= 15 is 0 Å². The van der Waals surface area contributed by atoms with Crippen LogP contribution in [-0.4, -0.2) is 10.6 Å². The van der Waals surface area contributed by atoms with E-state index in [2.05, 4.69) is 12.2 Å². The summed E-state index contributed by atoms with van der Waals surface area (Å²) < 4.78 is 0. The van der Waals surface area contributed by atoms with Crippen LogP contribution in [-0.2, 0) is 0 Å². The summed E-state index contributed by atoms with van der Waals surface area (Å²) in [5.41, 5.74) is 0.240. The van der Waals surface area contributed by atoms with Crippen molar-refractivity contribution in [1.29, 1.82) is 5.16 Å². The Morgan fingerprint density at radius 2 is 2.09 bits per heavy atom. The Bertz CT molecular complexity index is 214. The van der Waals surface area contributed by atoms with Gasteiger partial charge in [0, 0.05) is 5.66 Å². The number of thiol groups is 1. The predicted molar refractivity (Wildman–Crippen MR) is 50.1 cm³/mol. The number of hydrogen-bond donors (Lipinski definition) is 3. The van der Waals surface area contributed by atoms with Crippen LogP contribution < -0.4 is 0 Å². The molecular formula is C7H14NOPS. The Morgan fingerprint density at radius 3 is 2.36 bits per heavy atom. The Hall–Kier alpha value is 0.540. The zero-order valence-electron chi connectivity index (χ0n) is 6.40. The fourth-order valence-corrected chi connectivity index (χ4v) is 4.95. The van der Waals surface area contributed by atoms with Crippen LogP contribution >= 0.6 is 18.7 Å². The quantitative estimate of drug-likeness (QED) is 0.433. The second kappa shape index (κ2) is 2.51. The summed E-state index contributed by atoms with van der Waals surface area (Å²) in [6.07, 6.45) is 4.89. The van der Waals surface area contributed by atoms with Gasteiger partial charge in [-0.3, -0.25) is 5.16 Å². The summed E-state index contributed by atoms with van der Waals surface area (Å²) in [5, 5.41) is 7.51. The maximum atomic E-state index is 9.48. The second-order valence-corrected chi connectivity index (χ2v) is 7.68. The molecule has 0 heterocycles. The smallest absolute Gasteiger partial charge is 0.134 e. The topological polar surface area (TPSA) is 44.1 Å². The average Bonchev–Trinajstić information content (AvgIpc) is 2.42. The molecule has 0 amide bonds. The van der Waals surface area contributed by atoms with Crippen LogP contribution in [0.2, 0.25) is 0 Å². The molecule has 0 spiro atoms. The molecular weight excluding hydrogens is 177 g/mol. The summed E-state index contributed by atoms with van der Waals surface area (Å²) in [5.74, 6) is 1.45. The van der Waals surface area contributed by atoms with Gasteiger partial charge in [-0.1, -0.05) is 6.42 Å². The van der Waals surface area contributed by atoms with Gasteiger partial charge in [-0.25, -0.2) is 0 Å². The fraction of sp³-hybridized carbons (Fsp3) is 1.00. The Morgan fingerprint density at radius 1 is 1.36 bits per heavy atom. The van der Waals surface area contributed by atoms with Gasteiger partial charge >= 0.3 is 0 Å². The Balaban J connectivity index is 2.14. The second-order valence-electron chi connectivity index (χ2n) is 3.89. The van der Waals surface area contributed by atoms with E-state index in [-0.39, 0.29) is 5.66 Å². The normalized spacial score (nSPS) is 47.6. The predicted octanol–water partition coefficient (Wildman–Crippen LogP) is 2.71. The van der Waals surface area contributed by atoms with Crippen molar-refractivity contribution in [2.24, 2.45) is 11.8 Å². The Labute approximate surface area is 72.5 Å². The van der Waals surface area contributed by atoms with Crippen molar-refractivity contribution in [3.8, 4) is 0 Å². The van der Waals surface area contributed by atoms with E-state index < -0.39 is 6.48 Å². The molecule has 4 unspecified atom stereocenters. The summed E-state index contributed by atoms with van der Waals surface area (Å²) in [6, 6.07) is 0. The van der Waals surface area contributed by atoms with Crippen LogP contribution in [0.4, 0.5) is 0 Å². The molecule has 0 saturated heterocycles. The first-order chi connectivity index (χ1) is 5.07. The lowest BCUT2D eigenvalue weighted by atomic mass is 10.0. The van der Waals surface area contributed by atoms with Gasteiger partial charge in [0.1, 0.15) is 6.48 Å². The van der Waals surface area contributed by atoms with Gasteiger partial charge in [0.05, 0.1) is 0 Å². The van der Waals surface area contributed by atoms with Crippen molar-refractivity contribution in [3.05, 3.63) is 0 Å². The highest BCUT2D eigenvalue weighted by Gasteiger charge is 2.44. The molecule has 64 valence electrons. The number of rotatable bonds is 1. The Kier molecular flexibility index (Phi) is 1.86. The first-order valence-electron chi connectivity index (χ1n) is 4.16. The van der Waals surface area contributed by atoms with Crippen molar-refractivity contribution in [3.63, 3.8) is 0 Å². The molecule has 2 aliphatic carbocycles. The van der Waals surface area contributed by atoms with Crippen LogP contribution in [0.5, 0.6) is 0 Å². The molecule has 2 nitrogen and oxygen atoms in total. The molecule has 11 heavy (non-hydrogen) atoms. The SMILES string of the molecule is N=P(O)(S)C1CC2CCC1C2. The third-order valence-corrected chi connectivity index (χ3v) is 5.61. The number of hydrogen-bond acceptors (Lipinski definition) is 1. The minimum Gasteiger partial charge on any atom is -0.352 e. The van der Waals surface area contributed by atoms with Gasteiger partial charge in [-0.15, -0.1) is 12.2 Å². The zero-order valence-corrected chi connectivity index (χ0v) is 8.19. The van der Waals surface area contributed by atoms with Crippen molar-refractivity contribution in [2.45, 2.75) is 31.3 Å². The van der Waals surface area contributed by atoms with Gasteiger partial charge in [0.2, 0.25) is 0 Å². The van der Waals surface area contributed by atoms with Crippen molar-refractivity contribution in [1.82, 2.24) is 0 Å². The third kappa shape index (κ3) is 1.39. The van der Waals surface area contributed by atoms with E-state index in [1.807, 2.05) is 0 Å². The summed E-state index contributed by atoms with van der Waals surface area (Å²) in [6.45, 7) is -2.56. The van der Waals surface area contributed by atoms with Crippen LogP contribution in [0, 0.1) is 17.0 Å². The summed E-state index contributed by atoms with van der Waals surface area (Å²) in [7, 11) is 0. The lowest BCUT2D eigenvalue weighted by Gasteiger charge is -2.25. The highest BCUT2D eigenvalue weighted by molar-refractivity contribution is 8.46. The van der Waals surface area contributed by atoms with E-state index in [4.69, 9.17) is 5.16 Å². The maximum absolute atomic E-state index is 9.48. The molecule has 2 N–H and O–H groups in total. The molecule has 4 atom stereocenters. The largest absolute Gasteiger partial charge is 0.352 e. The molecule has 0 aromatic rings. The number of nitrogens with one attached hydrogen (secondary N) is 1. The lowest BCUT2D eigenvalue weighted by Crippen LogP contribution is -2.14. The van der Waals surface area contributed by atoms with Gasteiger partial charge in [0.25, 0.3) is 0 Å². The van der Waals surface area contributed by atoms with Gasteiger partial charge in [-0.05, 0) is 31.1 Å². The van der Waals surface area contributed by atoms with Crippen LogP contribution in [0.15, 0.2) is 0 Å². The minimum atomic E-state index is -2.56. The van der Waals surface area contributed by atoms with Gasteiger partial charge < -0.3 is 4.89 Å². The number of fused-ring (bicyclic) bond motifs is 2. The molecule has 0 radical (unpaired) electrons. The minimum absolute atomic E-state index is 0.240. The van der Waals surface area contributed by atoms with Crippen LogP contribution in [0.3, 0.4) is 0 Å². The van der Waals surface area contributed by atoms with Crippen molar-refractivity contribution < 1.29 is 4.89 Å². The summed E-state index contributed by atoms with van der Waals surface area (Å²) >= 11 is 4.02. The molecule has 4 heteroatoms. The monoisotopic (exact) mass is 191 g/mol. The lowest BCUT2D eigenvalue weighted by molar-refractivity contribution is 0.465. The maximum Gasteiger partial charge on any atom is 0.134 e. The molecule has 2 bridgehead atoms. The zero-order chi connectivity index (χ0) is 8.06. The molecule has 2 fully saturated rings. The average molecular weight is 191 g/mol. The highest BCUT2D eigenvalue weighted by atomic mass is 32.7.